The van der Waals surface area contributed by atoms with Crippen LogP contribution in [0, 0.1) is 11.6 Å². The molecule has 170 valence electrons. The van der Waals surface area contributed by atoms with Crippen molar-refractivity contribution >= 4 is 23.1 Å². The van der Waals surface area contributed by atoms with Crippen LogP contribution in [0.15, 0.2) is 48.2 Å². The number of hydrogen-bond acceptors (Lipinski definition) is 6. The lowest BCUT2D eigenvalue weighted by Crippen LogP contribution is -2.38. The van der Waals surface area contributed by atoms with Crippen LogP contribution in [0.3, 0.4) is 0 Å². The maximum absolute atomic E-state index is 14.6. The molecule has 0 aliphatic carbocycles. The van der Waals surface area contributed by atoms with Crippen molar-refractivity contribution in [3.63, 3.8) is 0 Å². The molecule has 0 saturated carbocycles. The summed E-state index contributed by atoms with van der Waals surface area (Å²) in [4.78, 5) is 29.4. The number of carbonyl (C=O) groups is 2. The van der Waals surface area contributed by atoms with Gasteiger partial charge in [0.15, 0.2) is 0 Å². The molecule has 0 N–H and O–H groups in total. The van der Waals surface area contributed by atoms with Gasteiger partial charge in [-0.05, 0) is 18.2 Å². The monoisotopic (exact) mass is 446 g/mol. The molecule has 0 fully saturated rings. The highest BCUT2D eigenvalue weighted by Crippen LogP contribution is 2.38. The lowest BCUT2D eigenvalue weighted by Gasteiger charge is -2.26. The molecule has 1 heterocycles. The third-order valence-electron chi connectivity index (χ3n) is 5.03. The molecule has 0 spiro atoms. The molecule has 2 aromatic carbocycles. The fourth-order valence-corrected chi connectivity index (χ4v) is 3.53. The fraction of sp³-hybridized carbons (Fsp3) is 0.304. The molecule has 1 aliphatic heterocycles. The van der Waals surface area contributed by atoms with Gasteiger partial charge in [-0.15, -0.1) is 0 Å². The van der Waals surface area contributed by atoms with Gasteiger partial charge in [-0.3, -0.25) is 9.59 Å². The second-order valence-corrected chi connectivity index (χ2v) is 6.94. The zero-order chi connectivity index (χ0) is 23.3. The number of halogens is 2. The van der Waals surface area contributed by atoms with E-state index in [4.69, 9.17) is 14.2 Å². The van der Waals surface area contributed by atoms with Crippen LogP contribution >= 0.6 is 0 Å². The van der Waals surface area contributed by atoms with Crippen molar-refractivity contribution < 1.29 is 32.6 Å². The summed E-state index contributed by atoms with van der Waals surface area (Å²) >= 11 is 0. The summed E-state index contributed by atoms with van der Waals surface area (Å²) in [5.41, 5.74) is 0.177. The van der Waals surface area contributed by atoms with Crippen LogP contribution in [0.5, 0.6) is 5.75 Å². The van der Waals surface area contributed by atoms with Crippen molar-refractivity contribution in [3.05, 3.63) is 65.4 Å². The first-order chi connectivity index (χ1) is 15.4. The summed E-state index contributed by atoms with van der Waals surface area (Å²) in [6, 6.07) is 9.43. The average molecular weight is 446 g/mol. The number of benzene rings is 2. The molecule has 2 aromatic rings. The Kier molecular flexibility index (Phi) is 7.55. The standard InChI is InChI=1S/C23H24F2N2O5/c1-30-12-10-26(11-13-31-2)21-20(16-6-4-5-7-19(16)32-3)22(28)27(23(21)29)18-9-8-15(24)14-17(18)25/h4-9,14H,10-13H2,1-3H3. The second-order valence-electron chi connectivity index (χ2n) is 6.94. The SMILES string of the molecule is COCCN(CCOC)C1=C(c2ccccc2OC)C(=O)N(c2ccc(F)cc2F)C1=O. The van der Waals surface area contributed by atoms with Crippen LogP contribution in [-0.4, -0.2) is 64.3 Å². The van der Waals surface area contributed by atoms with Gasteiger partial charge in [0, 0.05) is 38.9 Å². The number of carbonyl (C=O) groups excluding carboxylic acids is 2. The van der Waals surface area contributed by atoms with Gasteiger partial charge in [0.2, 0.25) is 0 Å². The van der Waals surface area contributed by atoms with E-state index in [2.05, 4.69) is 0 Å². The Hall–Kier alpha value is -3.30. The van der Waals surface area contributed by atoms with Crippen LogP contribution in [0.2, 0.25) is 0 Å². The number of anilines is 1. The summed E-state index contributed by atoms with van der Waals surface area (Å²) in [5, 5.41) is 0. The minimum Gasteiger partial charge on any atom is -0.496 e. The minimum absolute atomic E-state index is 0.0587. The first kappa shape index (κ1) is 23.4. The predicted molar refractivity (Wildman–Crippen MR) is 114 cm³/mol. The molecule has 3 rings (SSSR count). The highest BCUT2D eigenvalue weighted by atomic mass is 19.1. The van der Waals surface area contributed by atoms with E-state index in [-0.39, 0.29) is 43.3 Å². The highest BCUT2D eigenvalue weighted by molar-refractivity contribution is 6.45. The van der Waals surface area contributed by atoms with Crippen LogP contribution in [0.1, 0.15) is 5.56 Å². The number of hydrogen-bond donors (Lipinski definition) is 0. The molecule has 0 aromatic heterocycles. The van der Waals surface area contributed by atoms with Gasteiger partial charge in [0.05, 0.1) is 31.6 Å². The zero-order valence-corrected chi connectivity index (χ0v) is 18.1. The molecular formula is C23H24F2N2O5. The molecule has 0 unspecified atom stereocenters. The van der Waals surface area contributed by atoms with Gasteiger partial charge >= 0.3 is 0 Å². The predicted octanol–water partition coefficient (Wildman–Crippen LogP) is 2.85. The van der Waals surface area contributed by atoms with Crippen molar-refractivity contribution in [2.24, 2.45) is 0 Å². The van der Waals surface area contributed by atoms with Crippen molar-refractivity contribution in [2.45, 2.75) is 0 Å². The minimum atomic E-state index is -1.02. The maximum Gasteiger partial charge on any atom is 0.282 e. The van der Waals surface area contributed by atoms with Crippen molar-refractivity contribution in [3.8, 4) is 5.75 Å². The number of ether oxygens (including phenoxy) is 3. The highest BCUT2D eigenvalue weighted by Gasteiger charge is 2.44. The number of imide groups is 1. The maximum atomic E-state index is 14.6. The van der Waals surface area contributed by atoms with E-state index in [9.17, 15) is 18.4 Å². The summed E-state index contributed by atoms with van der Waals surface area (Å²) in [5.74, 6) is -2.92. The van der Waals surface area contributed by atoms with Crippen LogP contribution in [0.4, 0.5) is 14.5 Å². The summed E-state index contributed by atoms with van der Waals surface area (Å²) in [6.45, 7) is 1.12. The van der Waals surface area contributed by atoms with Gasteiger partial charge in [-0.25, -0.2) is 13.7 Å². The topological polar surface area (TPSA) is 68.3 Å². The molecule has 32 heavy (non-hydrogen) atoms. The Morgan fingerprint density at radius 1 is 0.906 bits per heavy atom. The van der Waals surface area contributed by atoms with Crippen molar-refractivity contribution in [1.29, 1.82) is 0 Å². The normalized spacial score (nSPS) is 13.8. The Balaban J connectivity index is 2.20. The fourth-order valence-electron chi connectivity index (χ4n) is 3.53. The first-order valence-electron chi connectivity index (χ1n) is 9.88. The number of para-hydroxylation sites is 1. The summed E-state index contributed by atoms with van der Waals surface area (Å²) in [6.07, 6.45) is 0. The molecule has 0 atom stereocenters. The Labute approximate surface area is 184 Å². The summed E-state index contributed by atoms with van der Waals surface area (Å²) in [7, 11) is 4.49. The average Bonchev–Trinajstić information content (AvgIpc) is 3.04. The molecule has 0 saturated heterocycles. The molecule has 9 heteroatoms. The quantitative estimate of drug-likeness (QED) is 0.523. The van der Waals surface area contributed by atoms with E-state index in [1.54, 1.807) is 29.2 Å². The second kappa shape index (κ2) is 10.3. The van der Waals surface area contributed by atoms with E-state index in [0.29, 0.717) is 17.4 Å². The van der Waals surface area contributed by atoms with Crippen LogP contribution in [0.25, 0.3) is 5.57 Å². The van der Waals surface area contributed by atoms with E-state index in [1.807, 2.05) is 0 Å². The molecule has 0 bridgehead atoms. The van der Waals surface area contributed by atoms with E-state index >= 15 is 0 Å². The summed E-state index contributed by atoms with van der Waals surface area (Å²) < 4.78 is 43.8. The molecule has 1 aliphatic rings. The number of nitrogens with zero attached hydrogens (tertiary/aromatic N) is 2. The molecule has 0 radical (unpaired) electrons. The van der Waals surface area contributed by atoms with E-state index < -0.39 is 23.4 Å². The third kappa shape index (κ3) is 4.49. The van der Waals surface area contributed by atoms with Gasteiger partial charge in [0.25, 0.3) is 11.8 Å². The lowest BCUT2D eigenvalue weighted by molar-refractivity contribution is -0.120. The third-order valence-corrected chi connectivity index (χ3v) is 5.03. The zero-order valence-electron chi connectivity index (χ0n) is 18.1. The molecular weight excluding hydrogens is 422 g/mol. The number of methoxy groups -OCH3 is 3. The van der Waals surface area contributed by atoms with Crippen molar-refractivity contribution in [2.75, 3.05) is 52.5 Å². The Morgan fingerprint density at radius 3 is 2.16 bits per heavy atom. The molecule has 7 nitrogen and oxygen atoms in total. The largest absolute Gasteiger partial charge is 0.496 e. The number of rotatable bonds is 10. The Bertz CT molecular complexity index is 1030. The van der Waals surface area contributed by atoms with E-state index in [0.717, 1.165) is 17.0 Å². The molecule has 2 amide bonds. The van der Waals surface area contributed by atoms with Gasteiger partial charge in [0.1, 0.15) is 23.1 Å². The van der Waals surface area contributed by atoms with Crippen LogP contribution < -0.4 is 9.64 Å². The van der Waals surface area contributed by atoms with Crippen LogP contribution in [-0.2, 0) is 19.1 Å². The van der Waals surface area contributed by atoms with E-state index in [1.165, 1.54) is 21.3 Å². The smallest absolute Gasteiger partial charge is 0.282 e. The Morgan fingerprint density at radius 2 is 1.56 bits per heavy atom. The first-order valence-corrected chi connectivity index (χ1v) is 9.88. The van der Waals surface area contributed by atoms with Gasteiger partial charge in [-0.1, -0.05) is 18.2 Å². The van der Waals surface area contributed by atoms with Gasteiger partial charge in [-0.2, -0.15) is 0 Å². The number of amides is 2. The van der Waals surface area contributed by atoms with Crippen molar-refractivity contribution in [1.82, 2.24) is 4.90 Å². The van der Waals surface area contributed by atoms with Gasteiger partial charge < -0.3 is 19.1 Å². The lowest BCUT2D eigenvalue weighted by atomic mass is 10.0.